The maximum Gasteiger partial charge on any atom is 0.353 e. The summed E-state index contributed by atoms with van der Waals surface area (Å²) in [6, 6.07) is -1.19. The molecular formula is C22H33N9O5S. The Bertz CT molecular complexity index is 1120. The molecule has 0 bridgehead atoms. The van der Waals surface area contributed by atoms with Crippen LogP contribution in [-0.2, 0) is 32.3 Å². The van der Waals surface area contributed by atoms with E-state index in [1.54, 1.807) is 28.1 Å². The molecule has 37 heavy (non-hydrogen) atoms. The molecule has 0 aromatic carbocycles. The quantitative estimate of drug-likeness (QED) is 0.249. The molecule has 3 aliphatic rings. The smallest absolute Gasteiger partial charge is 0.353 e. The number of carboxylic acid groups (broad SMARTS) is 1. The van der Waals surface area contributed by atoms with E-state index >= 15 is 0 Å². The average molecular weight is 536 g/mol. The number of amides is 3. The normalized spacial score (nSPS) is 27.6. The van der Waals surface area contributed by atoms with Crippen molar-refractivity contribution in [3.63, 3.8) is 0 Å². The molecule has 0 spiro atoms. The Kier molecular flexibility index (Phi) is 7.85. The van der Waals surface area contributed by atoms with E-state index in [-0.39, 0.29) is 53.2 Å². The van der Waals surface area contributed by atoms with Crippen molar-refractivity contribution in [1.29, 1.82) is 0 Å². The van der Waals surface area contributed by atoms with Gasteiger partial charge in [0.25, 0.3) is 0 Å². The number of carbonyl (C=O) groups excluding carboxylic acids is 3. The zero-order valence-electron chi connectivity index (χ0n) is 21.5. The largest absolute Gasteiger partial charge is 0.477 e. The number of carboxylic acids is 1. The Morgan fingerprint density at radius 2 is 2.05 bits per heavy atom. The Labute approximate surface area is 218 Å². The van der Waals surface area contributed by atoms with Gasteiger partial charge < -0.3 is 30.9 Å². The van der Waals surface area contributed by atoms with Crippen molar-refractivity contribution in [2.45, 2.75) is 56.7 Å². The van der Waals surface area contributed by atoms with Gasteiger partial charge in [0.15, 0.2) is 5.82 Å². The highest BCUT2D eigenvalue weighted by Gasteiger charge is 2.60. The first-order valence-electron chi connectivity index (χ1n) is 12.2. The van der Waals surface area contributed by atoms with Crippen LogP contribution in [0, 0.1) is 11.8 Å². The van der Waals surface area contributed by atoms with Crippen molar-refractivity contribution < 1.29 is 24.3 Å². The predicted octanol–water partition coefficient (Wildman–Crippen LogP) is -1.78. The standard InChI is InChI=1S/C22H33N9O5S/c1-10-17-16(11(2)25-15(32)9-30-14(8-23-3)26-27-28-30)21(34)31(17)18(22(35)36)19(10)37-12-6-13(24-7-12)20(33)29(4)5/h10-13,16-17,23-24H,6-9H2,1-5H3,(H,25,32)(H,35,36)/t10-,11-,12?,13+,16-,17-/m1/s1. The Hall–Kier alpha value is -3.04. The topological polar surface area (TPSA) is 175 Å². The maximum atomic E-state index is 13.1. The van der Waals surface area contributed by atoms with Gasteiger partial charge in [0.1, 0.15) is 12.2 Å². The number of hydrogen-bond donors (Lipinski definition) is 4. The number of tetrazole rings is 1. The van der Waals surface area contributed by atoms with Crippen LogP contribution in [-0.4, -0.2) is 110 Å². The molecule has 202 valence electrons. The molecule has 14 nitrogen and oxygen atoms in total. The van der Waals surface area contributed by atoms with E-state index in [2.05, 4.69) is 31.5 Å². The number of aromatic nitrogens is 4. The fourth-order valence-electron chi connectivity index (χ4n) is 5.33. The van der Waals surface area contributed by atoms with Gasteiger partial charge in [-0.3, -0.25) is 14.4 Å². The van der Waals surface area contributed by atoms with Gasteiger partial charge in [-0.05, 0) is 30.8 Å². The second-order valence-electron chi connectivity index (χ2n) is 9.84. The molecule has 1 aromatic rings. The summed E-state index contributed by atoms with van der Waals surface area (Å²) in [6.07, 6.45) is 0.575. The molecule has 4 N–H and O–H groups in total. The highest BCUT2D eigenvalue weighted by atomic mass is 32.2. The van der Waals surface area contributed by atoms with Crippen LogP contribution in [0.25, 0.3) is 0 Å². The fraction of sp³-hybridized carbons (Fsp3) is 0.682. The number of likely N-dealkylation sites (N-methyl/N-ethyl adjacent to an activating group) is 1. The molecule has 15 heteroatoms. The van der Waals surface area contributed by atoms with Gasteiger partial charge in [-0.2, -0.15) is 0 Å². The summed E-state index contributed by atoms with van der Waals surface area (Å²) in [7, 11) is 5.15. The monoisotopic (exact) mass is 535 g/mol. The summed E-state index contributed by atoms with van der Waals surface area (Å²) in [5, 5.41) is 30.3. The minimum Gasteiger partial charge on any atom is -0.477 e. The van der Waals surface area contributed by atoms with Crippen molar-refractivity contribution in [1.82, 2.24) is 46.0 Å². The van der Waals surface area contributed by atoms with Crippen LogP contribution < -0.4 is 16.0 Å². The first-order valence-corrected chi connectivity index (χ1v) is 13.0. The average Bonchev–Trinajstić information content (AvgIpc) is 3.52. The fourth-order valence-corrected chi connectivity index (χ4v) is 6.80. The van der Waals surface area contributed by atoms with Crippen molar-refractivity contribution >= 4 is 35.5 Å². The number of aliphatic carboxylic acids is 1. The molecule has 3 amide bonds. The van der Waals surface area contributed by atoms with E-state index < -0.39 is 17.9 Å². The molecule has 1 aromatic heterocycles. The SMILES string of the molecule is CNCc1nnnn1CC(=O)N[C@H](C)[C@H]1C(=O)N2C(C(=O)O)=C(SC3CN[C@H](C(=O)N(C)C)C3)[C@H](C)[C@H]12. The Morgan fingerprint density at radius 1 is 1.32 bits per heavy atom. The number of β-lactam (4-membered cyclic amide) rings is 1. The molecule has 2 fully saturated rings. The number of fused-ring (bicyclic) bond motifs is 1. The maximum absolute atomic E-state index is 13.1. The first kappa shape index (κ1) is 27.0. The molecule has 0 aliphatic carbocycles. The van der Waals surface area contributed by atoms with Gasteiger partial charge in [-0.25, -0.2) is 9.48 Å². The van der Waals surface area contributed by atoms with Gasteiger partial charge in [0.05, 0.1) is 24.5 Å². The van der Waals surface area contributed by atoms with E-state index in [0.29, 0.717) is 30.2 Å². The third kappa shape index (κ3) is 5.07. The molecule has 0 radical (unpaired) electrons. The minimum absolute atomic E-state index is 0.00757. The molecular weight excluding hydrogens is 502 g/mol. The number of nitrogens with zero attached hydrogens (tertiary/aromatic N) is 6. The Morgan fingerprint density at radius 3 is 2.70 bits per heavy atom. The summed E-state index contributed by atoms with van der Waals surface area (Å²) in [5.74, 6) is -2.09. The lowest BCUT2D eigenvalue weighted by Crippen LogP contribution is -2.66. The van der Waals surface area contributed by atoms with Crippen molar-refractivity contribution in [2.24, 2.45) is 11.8 Å². The number of thioether (sulfide) groups is 1. The third-order valence-corrected chi connectivity index (χ3v) is 8.59. The zero-order valence-corrected chi connectivity index (χ0v) is 22.3. The molecule has 3 aliphatic heterocycles. The summed E-state index contributed by atoms with van der Waals surface area (Å²) in [5.41, 5.74) is 0.00931. The number of carbonyl (C=O) groups is 4. The summed E-state index contributed by atoms with van der Waals surface area (Å²) >= 11 is 1.43. The summed E-state index contributed by atoms with van der Waals surface area (Å²) in [4.78, 5) is 53.9. The highest BCUT2D eigenvalue weighted by molar-refractivity contribution is 8.03. The lowest BCUT2D eigenvalue weighted by atomic mass is 9.78. The first-order chi connectivity index (χ1) is 17.5. The second-order valence-corrected chi connectivity index (χ2v) is 11.2. The molecule has 0 saturated carbocycles. The zero-order chi connectivity index (χ0) is 27.0. The van der Waals surface area contributed by atoms with Gasteiger partial charge in [0, 0.05) is 42.8 Å². The van der Waals surface area contributed by atoms with E-state index in [1.165, 1.54) is 26.2 Å². The van der Waals surface area contributed by atoms with E-state index in [1.807, 2.05) is 6.92 Å². The molecule has 4 heterocycles. The molecule has 6 atom stereocenters. The van der Waals surface area contributed by atoms with E-state index in [9.17, 15) is 24.3 Å². The van der Waals surface area contributed by atoms with Crippen LogP contribution in [0.2, 0.25) is 0 Å². The Balaban J connectivity index is 1.42. The van der Waals surface area contributed by atoms with Crippen LogP contribution in [0.5, 0.6) is 0 Å². The van der Waals surface area contributed by atoms with Crippen LogP contribution in [0.1, 0.15) is 26.1 Å². The summed E-state index contributed by atoms with van der Waals surface area (Å²) in [6.45, 7) is 4.54. The highest BCUT2D eigenvalue weighted by Crippen LogP contribution is 2.51. The van der Waals surface area contributed by atoms with Gasteiger partial charge in [0.2, 0.25) is 17.7 Å². The van der Waals surface area contributed by atoms with Crippen LogP contribution in [0.15, 0.2) is 10.6 Å². The van der Waals surface area contributed by atoms with Crippen molar-refractivity contribution in [3.8, 4) is 0 Å². The van der Waals surface area contributed by atoms with Crippen molar-refractivity contribution in [2.75, 3.05) is 27.7 Å². The van der Waals surface area contributed by atoms with Crippen molar-refractivity contribution in [3.05, 3.63) is 16.4 Å². The van der Waals surface area contributed by atoms with Crippen LogP contribution in [0.4, 0.5) is 0 Å². The third-order valence-electron chi connectivity index (χ3n) is 7.08. The van der Waals surface area contributed by atoms with Gasteiger partial charge >= 0.3 is 5.97 Å². The van der Waals surface area contributed by atoms with Gasteiger partial charge in [-0.1, -0.05) is 6.92 Å². The number of rotatable bonds is 10. The summed E-state index contributed by atoms with van der Waals surface area (Å²) < 4.78 is 1.38. The lowest BCUT2D eigenvalue weighted by molar-refractivity contribution is -0.158. The molecule has 4 rings (SSSR count). The van der Waals surface area contributed by atoms with Crippen LogP contribution >= 0.6 is 11.8 Å². The number of hydrogen-bond acceptors (Lipinski definition) is 10. The minimum atomic E-state index is -1.15. The lowest BCUT2D eigenvalue weighted by Gasteiger charge is -2.47. The van der Waals surface area contributed by atoms with E-state index in [4.69, 9.17) is 0 Å². The molecule has 2 saturated heterocycles. The second kappa shape index (κ2) is 10.8. The number of nitrogens with one attached hydrogen (secondary N) is 3. The van der Waals surface area contributed by atoms with E-state index in [0.717, 1.165) is 0 Å². The van der Waals surface area contributed by atoms with Gasteiger partial charge in [-0.15, -0.1) is 16.9 Å². The molecule has 1 unspecified atom stereocenters. The van der Waals surface area contributed by atoms with Crippen LogP contribution in [0.3, 0.4) is 0 Å². The predicted molar refractivity (Wildman–Crippen MR) is 133 cm³/mol.